The highest BCUT2D eigenvalue weighted by Crippen LogP contribution is 2.07. The van der Waals surface area contributed by atoms with E-state index in [1.165, 1.54) is 0 Å². The van der Waals surface area contributed by atoms with Crippen molar-refractivity contribution in [3.63, 3.8) is 0 Å². The largest absolute Gasteiger partial charge is 0.480 e. The summed E-state index contributed by atoms with van der Waals surface area (Å²) in [5.74, 6) is 1.44. The Morgan fingerprint density at radius 1 is 1.45 bits per heavy atom. The van der Waals surface area contributed by atoms with Crippen LogP contribution in [-0.2, 0) is 4.79 Å². The van der Waals surface area contributed by atoms with Crippen LogP contribution in [0.1, 0.15) is 0 Å². The number of carbonyl (C=O) groups is 1. The van der Waals surface area contributed by atoms with Gasteiger partial charge in [0.2, 0.25) is 0 Å². The van der Waals surface area contributed by atoms with Crippen molar-refractivity contribution in [1.29, 1.82) is 0 Å². The third-order valence-corrected chi connectivity index (χ3v) is 2.41. The average molecular weight is 198 g/mol. The van der Waals surface area contributed by atoms with Crippen molar-refractivity contribution in [2.45, 2.75) is 0 Å². The van der Waals surface area contributed by atoms with Gasteiger partial charge in [-0.3, -0.25) is 9.69 Å². The summed E-state index contributed by atoms with van der Waals surface area (Å²) in [4.78, 5) is 12.2. The second-order valence-corrected chi connectivity index (χ2v) is 3.51. The molecule has 11 heavy (non-hydrogen) atoms. The fraction of sp³-hybridized carbons (Fsp3) is 0.833. The number of rotatable bonds is 2. The topological polar surface area (TPSA) is 40.5 Å². The summed E-state index contributed by atoms with van der Waals surface area (Å²) in [7, 11) is 0. The Hall–Kier alpha value is 0.0700. The molecule has 3 nitrogen and oxygen atoms in total. The lowest BCUT2D eigenvalue weighted by Crippen LogP contribution is -2.36. The zero-order valence-electron chi connectivity index (χ0n) is 6.15. The third kappa shape index (κ3) is 4.50. The molecule has 0 aromatic heterocycles. The monoisotopic (exact) mass is 197 g/mol. The standard InChI is InChI=1S/C6H11NO2S.ClH/c8-6(9)5-7-1-3-10-4-2-7;/h1-5H2,(H,8,9);1H. The molecule has 0 atom stereocenters. The first-order valence-corrected chi connectivity index (χ1v) is 4.46. The van der Waals surface area contributed by atoms with Gasteiger partial charge >= 0.3 is 5.97 Å². The molecule has 1 N–H and O–H groups in total. The van der Waals surface area contributed by atoms with Gasteiger partial charge in [-0.2, -0.15) is 11.8 Å². The molecule has 0 aromatic rings. The summed E-state index contributed by atoms with van der Waals surface area (Å²) in [5, 5.41) is 8.42. The Balaban J connectivity index is 0.000001000. The third-order valence-electron chi connectivity index (χ3n) is 1.46. The van der Waals surface area contributed by atoms with Gasteiger partial charge in [-0.05, 0) is 0 Å². The van der Waals surface area contributed by atoms with Crippen molar-refractivity contribution in [2.24, 2.45) is 0 Å². The highest BCUT2D eigenvalue weighted by atomic mass is 35.5. The van der Waals surface area contributed by atoms with E-state index in [0.717, 1.165) is 24.6 Å². The predicted octanol–water partition coefficient (Wildman–Crippen LogP) is 0.542. The first-order valence-electron chi connectivity index (χ1n) is 3.31. The Morgan fingerprint density at radius 2 is 2.00 bits per heavy atom. The molecule has 0 saturated carbocycles. The highest BCUT2D eigenvalue weighted by Gasteiger charge is 2.12. The fourth-order valence-corrected chi connectivity index (χ4v) is 1.93. The molecule has 1 saturated heterocycles. The average Bonchev–Trinajstić information content (AvgIpc) is 1.88. The van der Waals surface area contributed by atoms with Crippen LogP contribution >= 0.6 is 24.2 Å². The Bertz CT molecular complexity index is 128. The summed E-state index contributed by atoms with van der Waals surface area (Å²) in [6, 6.07) is 0. The van der Waals surface area contributed by atoms with E-state index in [1.54, 1.807) is 0 Å². The zero-order valence-corrected chi connectivity index (χ0v) is 7.79. The van der Waals surface area contributed by atoms with E-state index in [-0.39, 0.29) is 19.0 Å². The number of aliphatic carboxylic acids is 1. The van der Waals surface area contributed by atoms with Gasteiger partial charge in [-0.25, -0.2) is 0 Å². The van der Waals surface area contributed by atoms with Crippen LogP contribution in [0.15, 0.2) is 0 Å². The second kappa shape index (κ2) is 5.69. The van der Waals surface area contributed by atoms with Gasteiger partial charge in [0, 0.05) is 24.6 Å². The molecule has 0 radical (unpaired) electrons. The summed E-state index contributed by atoms with van der Waals surface area (Å²) in [6.07, 6.45) is 0. The van der Waals surface area contributed by atoms with E-state index in [9.17, 15) is 4.79 Å². The van der Waals surface area contributed by atoms with Gasteiger partial charge in [-0.15, -0.1) is 12.4 Å². The van der Waals surface area contributed by atoms with E-state index < -0.39 is 5.97 Å². The molecule has 1 aliphatic heterocycles. The van der Waals surface area contributed by atoms with Crippen LogP contribution in [0.3, 0.4) is 0 Å². The predicted molar refractivity (Wildman–Crippen MR) is 48.6 cm³/mol. The summed E-state index contributed by atoms with van der Waals surface area (Å²) < 4.78 is 0. The molecule has 1 fully saturated rings. The lowest BCUT2D eigenvalue weighted by molar-refractivity contribution is -0.138. The molecule has 1 aliphatic rings. The fourth-order valence-electron chi connectivity index (χ4n) is 0.951. The molecule has 5 heteroatoms. The lowest BCUT2D eigenvalue weighted by Gasteiger charge is -2.23. The molecule has 0 aromatic carbocycles. The number of hydrogen-bond acceptors (Lipinski definition) is 3. The lowest BCUT2D eigenvalue weighted by atomic mass is 10.5. The molecule has 0 spiro atoms. The van der Waals surface area contributed by atoms with Crippen LogP contribution in [0.25, 0.3) is 0 Å². The van der Waals surface area contributed by atoms with Crippen molar-refractivity contribution >= 4 is 30.1 Å². The molecule has 0 unspecified atom stereocenters. The van der Waals surface area contributed by atoms with Gasteiger partial charge in [0.05, 0.1) is 6.54 Å². The van der Waals surface area contributed by atoms with Gasteiger partial charge in [0.1, 0.15) is 0 Å². The minimum Gasteiger partial charge on any atom is -0.480 e. The number of hydrogen-bond donors (Lipinski definition) is 1. The van der Waals surface area contributed by atoms with Gasteiger partial charge in [-0.1, -0.05) is 0 Å². The normalized spacial score (nSPS) is 18.9. The summed E-state index contributed by atoms with van der Waals surface area (Å²) in [5.41, 5.74) is 0. The maximum absolute atomic E-state index is 10.2. The molecular weight excluding hydrogens is 186 g/mol. The molecule has 0 bridgehead atoms. The van der Waals surface area contributed by atoms with Crippen LogP contribution in [0.5, 0.6) is 0 Å². The van der Waals surface area contributed by atoms with Crippen LogP contribution in [0.2, 0.25) is 0 Å². The molecule has 0 amide bonds. The smallest absolute Gasteiger partial charge is 0.317 e. The van der Waals surface area contributed by atoms with Crippen molar-refractivity contribution in [1.82, 2.24) is 4.90 Å². The quantitative estimate of drug-likeness (QED) is 0.702. The molecule has 0 aliphatic carbocycles. The van der Waals surface area contributed by atoms with Gasteiger partial charge < -0.3 is 5.11 Å². The molecule has 66 valence electrons. The first-order chi connectivity index (χ1) is 4.79. The van der Waals surface area contributed by atoms with Crippen molar-refractivity contribution in [3.05, 3.63) is 0 Å². The number of nitrogens with zero attached hydrogens (tertiary/aromatic N) is 1. The van der Waals surface area contributed by atoms with E-state index in [1.807, 2.05) is 16.7 Å². The maximum atomic E-state index is 10.2. The minimum absolute atomic E-state index is 0. The minimum atomic E-state index is -0.716. The van der Waals surface area contributed by atoms with E-state index >= 15 is 0 Å². The SMILES string of the molecule is Cl.O=C(O)CN1CCSCC1. The Kier molecular flexibility index (Phi) is 5.72. The first kappa shape index (κ1) is 11.1. The van der Waals surface area contributed by atoms with E-state index in [2.05, 4.69) is 0 Å². The second-order valence-electron chi connectivity index (χ2n) is 2.28. The summed E-state index contributed by atoms with van der Waals surface area (Å²) in [6.45, 7) is 2.06. The molecular formula is C6H12ClNO2S. The molecule has 1 heterocycles. The van der Waals surface area contributed by atoms with E-state index in [0.29, 0.717) is 0 Å². The van der Waals surface area contributed by atoms with Gasteiger partial charge in [0.15, 0.2) is 0 Å². The summed E-state index contributed by atoms with van der Waals surface area (Å²) >= 11 is 1.89. The van der Waals surface area contributed by atoms with Crippen LogP contribution in [0.4, 0.5) is 0 Å². The van der Waals surface area contributed by atoms with Crippen LogP contribution < -0.4 is 0 Å². The maximum Gasteiger partial charge on any atom is 0.317 e. The van der Waals surface area contributed by atoms with Crippen LogP contribution in [-0.4, -0.2) is 47.1 Å². The van der Waals surface area contributed by atoms with Gasteiger partial charge in [0.25, 0.3) is 0 Å². The van der Waals surface area contributed by atoms with Crippen molar-refractivity contribution < 1.29 is 9.90 Å². The number of carboxylic acid groups (broad SMARTS) is 1. The molecule has 1 rings (SSSR count). The zero-order chi connectivity index (χ0) is 7.40. The van der Waals surface area contributed by atoms with Crippen molar-refractivity contribution in [3.8, 4) is 0 Å². The Morgan fingerprint density at radius 3 is 2.45 bits per heavy atom. The number of thioether (sulfide) groups is 1. The highest BCUT2D eigenvalue weighted by molar-refractivity contribution is 7.99. The number of carboxylic acids is 1. The number of halogens is 1. The van der Waals surface area contributed by atoms with Crippen molar-refractivity contribution in [2.75, 3.05) is 31.1 Å². The Labute approximate surface area is 76.5 Å². The van der Waals surface area contributed by atoms with Crippen LogP contribution in [0, 0.1) is 0 Å². The van der Waals surface area contributed by atoms with E-state index in [4.69, 9.17) is 5.11 Å².